The highest BCUT2D eigenvalue weighted by atomic mass is 35.5. The third-order valence-corrected chi connectivity index (χ3v) is 4.68. The summed E-state index contributed by atoms with van der Waals surface area (Å²) in [6.45, 7) is 3.74. The van der Waals surface area contributed by atoms with Gasteiger partial charge in [-0.3, -0.25) is 4.79 Å². The lowest BCUT2D eigenvalue weighted by Gasteiger charge is -2.32. The van der Waals surface area contributed by atoms with Crippen molar-refractivity contribution in [3.63, 3.8) is 0 Å². The Hall–Kier alpha value is -1.22. The number of hydrogen-bond acceptors (Lipinski definition) is 2. The molecule has 0 aromatic heterocycles. The highest BCUT2D eigenvalue weighted by Gasteiger charge is 2.26. The van der Waals surface area contributed by atoms with Crippen molar-refractivity contribution in [1.82, 2.24) is 4.90 Å². The maximum absolute atomic E-state index is 12.5. The molecule has 0 bridgehead atoms. The van der Waals surface area contributed by atoms with E-state index in [1.54, 1.807) is 12.1 Å². The van der Waals surface area contributed by atoms with Crippen LogP contribution in [0.1, 0.15) is 44.6 Å². The number of ether oxygens (including phenoxy) is 1. The second kappa shape index (κ2) is 7.17. The van der Waals surface area contributed by atoms with E-state index in [1.165, 1.54) is 19.3 Å². The van der Waals surface area contributed by atoms with Gasteiger partial charge in [0.05, 0.1) is 0 Å². The van der Waals surface area contributed by atoms with Crippen molar-refractivity contribution < 1.29 is 9.53 Å². The Morgan fingerprint density at radius 3 is 2.62 bits per heavy atom. The molecule has 21 heavy (non-hydrogen) atoms. The third kappa shape index (κ3) is 4.13. The summed E-state index contributed by atoms with van der Waals surface area (Å²) in [5.74, 6) is 0.740. The van der Waals surface area contributed by atoms with Gasteiger partial charge in [0, 0.05) is 18.1 Å². The van der Waals surface area contributed by atoms with Crippen molar-refractivity contribution in [1.29, 1.82) is 0 Å². The SMILES string of the molecule is Cc1cc(OC(C)C(=O)N(C)C2CCCCC2)ccc1Cl. The highest BCUT2D eigenvalue weighted by molar-refractivity contribution is 6.31. The Labute approximate surface area is 132 Å². The van der Waals surface area contributed by atoms with Crippen molar-refractivity contribution in [2.45, 2.75) is 58.1 Å². The largest absolute Gasteiger partial charge is 0.481 e. The van der Waals surface area contributed by atoms with Crippen molar-refractivity contribution in [3.05, 3.63) is 28.8 Å². The molecule has 0 aliphatic heterocycles. The summed E-state index contributed by atoms with van der Waals surface area (Å²) in [6.07, 6.45) is 5.46. The van der Waals surface area contributed by atoms with Crippen LogP contribution in [0.2, 0.25) is 5.02 Å². The number of likely N-dealkylation sites (N-methyl/N-ethyl adjacent to an activating group) is 1. The molecule has 0 heterocycles. The first kappa shape index (κ1) is 16.2. The highest BCUT2D eigenvalue weighted by Crippen LogP contribution is 2.24. The summed E-state index contributed by atoms with van der Waals surface area (Å²) in [6, 6.07) is 5.84. The number of hydrogen-bond donors (Lipinski definition) is 0. The fraction of sp³-hybridized carbons (Fsp3) is 0.588. The van der Waals surface area contributed by atoms with Gasteiger partial charge in [-0.2, -0.15) is 0 Å². The van der Waals surface area contributed by atoms with Gasteiger partial charge in [0.1, 0.15) is 5.75 Å². The fourth-order valence-electron chi connectivity index (χ4n) is 2.88. The molecule has 0 saturated heterocycles. The Morgan fingerprint density at radius 2 is 2.00 bits per heavy atom. The predicted molar refractivity (Wildman–Crippen MR) is 85.9 cm³/mol. The van der Waals surface area contributed by atoms with Crippen LogP contribution >= 0.6 is 11.6 Å². The zero-order chi connectivity index (χ0) is 15.4. The third-order valence-electron chi connectivity index (χ3n) is 4.26. The number of carbonyl (C=O) groups excluding carboxylic acids is 1. The molecule has 1 aromatic carbocycles. The van der Waals surface area contributed by atoms with Gasteiger partial charge in [-0.05, 0) is 50.5 Å². The molecule has 1 fully saturated rings. The molecule has 3 nitrogen and oxygen atoms in total. The average Bonchev–Trinajstić information content (AvgIpc) is 2.50. The van der Waals surface area contributed by atoms with Gasteiger partial charge in [0.25, 0.3) is 5.91 Å². The van der Waals surface area contributed by atoms with Crippen LogP contribution < -0.4 is 4.74 Å². The molecule has 1 amide bonds. The lowest BCUT2D eigenvalue weighted by atomic mass is 9.94. The number of nitrogens with zero attached hydrogens (tertiary/aromatic N) is 1. The number of aryl methyl sites for hydroxylation is 1. The summed E-state index contributed by atoms with van der Waals surface area (Å²) >= 11 is 6.00. The van der Waals surface area contributed by atoms with E-state index in [-0.39, 0.29) is 5.91 Å². The van der Waals surface area contributed by atoms with Crippen molar-refractivity contribution in [2.24, 2.45) is 0 Å². The van der Waals surface area contributed by atoms with Crippen LogP contribution in [0.3, 0.4) is 0 Å². The molecular formula is C17H24ClNO2. The summed E-state index contributed by atoms with van der Waals surface area (Å²) in [5.41, 5.74) is 0.953. The van der Waals surface area contributed by atoms with Gasteiger partial charge < -0.3 is 9.64 Å². The molecular weight excluding hydrogens is 286 g/mol. The van der Waals surface area contributed by atoms with Crippen LogP contribution in [0.25, 0.3) is 0 Å². The maximum atomic E-state index is 12.5. The van der Waals surface area contributed by atoms with Crippen molar-refractivity contribution >= 4 is 17.5 Å². The molecule has 0 spiro atoms. The zero-order valence-electron chi connectivity index (χ0n) is 13.1. The van der Waals surface area contributed by atoms with E-state index >= 15 is 0 Å². The van der Waals surface area contributed by atoms with Gasteiger partial charge in [0.2, 0.25) is 0 Å². The van der Waals surface area contributed by atoms with E-state index in [4.69, 9.17) is 16.3 Å². The summed E-state index contributed by atoms with van der Waals surface area (Å²) in [7, 11) is 1.89. The van der Waals surface area contributed by atoms with Crippen LogP contribution in [0.5, 0.6) is 5.75 Å². The van der Waals surface area contributed by atoms with E-state index < -0.39 is 6.10 Å². The minimum atomic E-state index is -0.475. The van der Waals surface area contributed by atoms with E-state index in [1.807, 2.05) is 31.9 Å². The van der Waals surface area contributed by atoms with Gasteiger partial charge >= 0.3 is 0 Å². The van der Waals surface area contributed by atoms with E-state index in [9.17, 15) is 4.79 Å². The minimum absolute atomic E-state index is 0.0505. The first-order chi connectivity index (χ1) is 9.99. The van der Waals surface area contributed by atoms with E-state index in [2.05, 4.69) is 0 Å². The van der Waals surface area contributed by atoms with Gasteiger partial charge in [-0.1, -0.05) is 30.9 Å². The average molecular weight is 310 g/mol. The Kier molecular flexibility index (Phi) is 5.51. The molecule has 116 valence electrons. The zero-order valence-corrected chi connectivity index (χ0v) is 13.8. The first-order valence-corrected chi connectivity index (χ1v) is 8.06. The molecule has 4 heteroatoms. The topological polar surface area (TPSA) is 29.5 Å². The number of rotatable bonds is 4. The maximum Gasteiger partial charge on any atom is 0.263 e. The van der Waals surface area contributed by atoms with Crippen LogP contribution in [-0.4, -0.2) is 30.0 Å². The number of amides is 1. The fourth-order valence-corrected chi connectivity index (χ4v) is 3.00. The molecule has 0 N–H and O–H groups in total. The van der Waals surface area contributed by atoms with Crippen molar-refractivity contribution in [3.8, 4) is 5.75 Å². The standard InChI is InChI=1S/C17H24ClNO2/c1-12-11-15(9-10-16(12)18)21-13(2)17(20)19(3)14-7-5-4-6-8-14/h9-11,13-14H,4-8H2,1-3H3. The molecule has 1 saturated carbocycles. The Balaban J connectivity index is 1.96. The second-order valence-electron chi connectivity index (χ2n) is 5.91. The van der Waals surface area contributed by atoms with E-state index in [0.29, 0.717) is 16.8 Å². The molecule has 1 aliphatic rings. The summed E-state index contributed by atoms with van der Waals surface area (Å²) < 4.78 is 5.77. The molecule has 2 rings (SSSR count). The predicted octanol–water partition coefficient (Wildman–Crippen LogP) is 4.21. The molecule has 1 aromatic rings. The molecule has 1 unspecified atom stereocenters. The van der Waals surface area contributed by atoms with Gasteiger partial charge in [-0.25, -0.2) is 0 Å². The van der Waals surface area contributed by atoms with Crippen molar-refractivity contribution in [2.75, 3.05) is 7.05 Å². The van der Waals surface area contributed by atoms with Crippen LogP contribution in [0.15, 0.2) is 18.2 Å². The monoisotopic (exact) mass is 309 g/mol. The van der Waals surface area contributed by atoms with Crippen LogP contribution in [-0.2, 0) is 4.79 Å². The number of carbonyl (C=O) groups is 1. The minimum Gasteiger partial charge on any atom is -0.481 e. The lowest BCUT2D eigenvalue weighted by molar-refractivity contribution is -0.139. The van der Waals surface area contributed by atoms with E-state index in [0.717, 1.165) is 18.4 Å². The second-order valence-corrected chi connectivity index (χ2v) is 6.32. The molecule has 0 radical (unpaired) electrons. The number of halogens is 1. The normalized spacial score (nSPS) is 17.3. The summed E-state index contributed by atoms with van der Waals surface area (Å²) in [5, 5.41) is 0.709. The first-order valence-electron chi connectivity index (χ1n) is 7.68. The van der Waals surface area contributed by atoms with Crippen LogP contribution in [0, 0.1) is 6.92 Å². The van der Waals surface area contributed by atoms with Gasteiger partial charge in [-0.15, -0.1) is 0 Å². The number of benzene rings is 1. The lowest BCUT2D eigenvalue weighted by Crippen LogP contribution is -2.44. The molecule has 1 aliphatic carbocycles. The Bertz CT molecular complexity index is 498. The molecule has 1 atom stereocenters. The summed E-state index contributed by atoms with van der Waals surface area (Å²) in [4.78, 5) is 14.3. The smallest absolute Gasteiger partial charge is 0.263 e. The van der Waals surface area contributed by atoms with Crippen LogP contribution in [0.4, 0.5) is 0 Å². The Morgan fingerprint density at radius 1 is 1.33 bits per heavy atom. The van der Waals surface area contributed by atoms with Gasteiger partial charge in [0.15, 0.2) is 6.10 Å². The quantitative estimate of drug-likeness (QED) is 0.834.